The molecule has 76 valence electrons. The van der Waals surface area contributed by atoms with Gasteiger partial charge in [0.15, 0.2) is 0 Å². The molecule has 15 heavy (non-hydrogen) atoms. The SMILES string of the molecule is CCc1cc(C=O)cc(C#N)c1C(=O)O. The number of nitrogens with zero attached hydrogens (tertiary/aromatic N) is 1. The number of carboxylic acids is 1. The third-order valence-corrected chi connectivity index (χ3v) is 2.09. The Morgan fingerprint density at radius 3 is 2.67 bits per heavy atom. The van der Waals surface area contributed by atoms with Crippen LogP contribution in [0.25, 0.3) is 0 Å². The minimum atomic E-state index is -1.14. The summed E-state index contributed by atoms with van der Waals surface area (Å²) in [6.45, 7) is 1.78. The van der Waals surface area contributed by atoms with Gasteiger partial charge in [-0.2, -0.15) is 5.26 Å². The molecule has 0 fully saturated rings. The number of benzene rings is 1. The van der Waals surface area contributed by atoms with Crippen LogP contribution in [0, 0.1) is 11.3 Å². The molecule has 1 aromatic carbocycles. The third kappa shape index (κ3) is 2.02. The van der Waals surface area contributed by atoms with Crippen molar-refractivity contribution in [3.8, 4) is 6.07 Å². The van der Waals surface area contributed by atoms with Gasteiger partial charge in [-0.15, -0.1) is 0 Å². The summed E-state index contributed by atoms with van der Waals surface area (Å²) in [6, 6.07) is 4.57. The van der Waals surface area contributed by atoms with E-state index < -0.39 is 5.97 Å². The first kappa shape index (κ1) is 10.9. The van der Waals surface area contributed by atoms with Gasteiger partial charge in [0.25, 0.3) is 0 Å². The summed E-state index contributed by atoms with van der Waals surface area (Å²) in [7, 11) is 0. The molecule has 1 N–H and O–H groups in total. The minimum absolute atomic E-state index is 0.00870. The van der Waals surface area contributed by atoms with E-state index in [1.165, 1.54) is 12.1 Å². The van der Waals surface area contributed by atoms with Gasteiger partial charge in [0.05, 0.1) is 11.1 Å². The molecule has 0 amide bonds. The molecule has 4 heteroatoms. The van der Waals surface area contributed by atoms with Crippen LogP contribution in [0.4, 0.5) is 0 Å². The van der Waals surface area contributed by atoms with Crippen molar-refractivity contribution in [2.24, 2.45) is 0 Å². The van der Waals surface area contributed by atoms with Crippen LogP contribution in [0.5, 0.6) is 0 Å². The number of carbonyl (C=O) groups excluding carboxylic acids is 1. The van der Waals surface area contributed by atoms with Crippen molar-refractivity contribution in [1.82, 2.24) is 0 Å². The van der Waals surface area contributed by atoms with E-state index in [4.69, 9.17) is 10.4 Å². The fourth-order valence-electron chi connectivity index (χ4n) is 1.41. The van der Waals surface area contributed by atoms with Crippen LogP contribution >= 0.6 is 0 Å². The molecule has 0 aliphatic heterocycles. The maximum atomic E-state index is 10.9. The van der Waals surface area contributed by atoms with E-state index in [0.29, 0.717) is 23.8 Å². The number of carbonyl (C=O) groups is 2. The highest BCUT2D eigenvalue weighted by atomic mass is 16.4. The topological polar surface area (TPSA) is 78.2 Å². The van der Waals surface area contributed by atoms with Crippen molar-refractivity contribution in [1.29, 1.82) is 5.26 Å². The summed E-state index contributed by atoms with van der Waals surface area (Å²) in [5.41, 5.74) is 0.853. The van der Waals surface area contributed by atoms with Gasteiger partial charge in [-0.3, -0.25) is 4.79 Å². The Hall–Kier alpha value is -2.15. The first-order valence-electron chi connectivity index (χ1n) is 4.39. The van der Waals surface area contributed by atoms with Gasteiger partial charge in [0.2, 0.25) is 0 Å². The lowest BCUT2D eigenvalue weighted by atomic mass is 9.97. The normalized spacial score (nSPS) is 9.33. The molecule has 0 heterocycles. The van der Waals surface area contributed by atoms with Crippen molar-refractivity contribution in [3.05, 3.63) is 34.4 Å². The van der Waals surface area contributed by atoms with E-state index in [0.717, 1.165) is 0 Å². The molecule has 0 spiro atoms. The minimum Gasteiger partial charge on any atom is -0.478 e. The van der Waals surface area contributed by atoms with E-state index >= 15 is 0 Å². The van der Waals surface area contributed by atoms with Crippen LogP contribution in [0.2, 0.25) is 0 Å². The molecule has 0 aliphatic rings. The molecule has 0 unspecified atom stereocenters. The fraction of sp³-hybridized carbons (Fsp3) is 0.182. The van der Waals surface area contributed by atoms with Gasteiger partial charge < -0.3 is 5.11 Å². The van der Waals surface area contributed by atoms with Crippen LogP contribution < -0.4 is 0 Å². The number of nitriles is 1. The van der Waals surface area contributed by atoms with Crippen molar-refractivity contribution in [2.75, 3.05) is 0 Å². The summed E-state index contributed by atoms with van der Waals surface area (Å²) in [5.74, 6) is -1.14. The Bertz CT molecular complexity index is 458. The highest BCUT2D eigenvalue weighted by Gasteiger charge is 2.15. The Labute approximate surface area is 86.8 Å². The highest BCUT2D eigenvalue weighted by Crippen LogP contribution is 2.17. The third-order valence-electron chi connectivity index (χ3n) is 2.09. The van der Waals surface area contributed by atoms with Gasteiger partial charge in [0, 0.05) is 5.56 Å². The molecule has 4 nitrogen and oxygen atoms in total. The number of rotatable bonds is 3. The Kier molecular flexibility index (Phi) is 3.19. The zero-order valence-corrected chi connectivity index (χ0v) is 8.15. The van der Waals surface area contributed by atoms with Gasteiger partial charge in [-0.1, -0.05) is 6.92 Å². The Morgan fingerprint density at radius 1 is 1.60 bits per heavy atom. The maximum absolute atomic E-state index is 10.9. The molecule has 0 radical (unpaired) electrons. The first-order valence-corrected chi connectivity index (χ1v) is 4.39. The second-order valence-corrected chi connectivity index (χ2v) is 2.99. The average Bonchev–Trinajstić information content (AvgIpc) is 2.26. The van der Waals surface area contributed by atoms with Crippen molar-refractivity contribution >= 4 is 12.3 Å². The smallest absolute Gasteiger partial charge is 0.337 e. The molecular weight excluding hydrogens is 194 g/mol. The largest absolute Gasteiger partial charge is 0.478 e. The van der Waals surface area contributed by atoms with E-state index in [9.17, 15) is 9.59 Å². The lowest BCUT2D eigenvalue weighted by Gasteiger charge is -2.06. The van der Waals surface area contributed by atoms with Gasteiger partial charge in [-0.25, -0.2) is 4.79 Å². The second-order valence-electron chi connectivity index (χ2n) is 2.99. The highest BCUT2D eigenvalue weighted by molar-refractivity contribution is 5.94. The zero-order chi connectivity index (χ0) is 11.4. The summed E-state index contributed by atoms with van der Waals surface area (Å²) >= 11 is 0. The summed E-state index contributed by atoms with van der Waals surface area (Å²) in [5, 5.41) is 17.7. The molecule has 0 aromatic heterocycles. The number of aromatic carboxylic acids is 1. The molecule has 0 aliphatic carbocycles. The molecule has 0 bridgehead atoms. The molecule has 1 rings (SSSR count). The van der Waals surface area contributed by atoms with E-state index in [-0.39, 0.29) is 11.1 Å². The standard InChI is InChI=1S/C11H9NO3/c1-2-8-3-7(6-13)4-9(5-12)10(8)11(14)15/h3-4,6H,2H2,1H3,(H,14,15). The number of hydrogen-bond acceptors (Lipinski definition) is 3. The quantitative estimate of drug-likeness (QED) is 0.757. The van der Waals surface area contributed by atoms with E-state index in [1.54, 1.807) is 13.0 Å². The predicted molar refractivity (Wildman–Crippen MR) is 52.9 cm³/mol. The maximum Gasteiger partial charge on any atom is 0.337 e. The first-order chi connectivity index (χ1) is 7.13. The molecule has 0 atom stereocenters. The summed E-state index contributed by atoms with van der Waals surface area (Å²) < 4.78 is 0. The van der Waals surface area contributed by atoms with Gasteiger partial charge in [-0.05, 0) is 24.1 Å². The molecular formula is C11H9NO3. The molecule has 0 saturated heterocycles. The monoisotopic (exact) mass is 203 g/mol. The fourth-order valence-corrected chi connectivity index (χ4v) is 1.41. The van der Waals surface area contributed by atoms with Gasteiger partial charge in [0.1, 0.15) is 12.4 Å². The van der Waals surface area contributed by atoms with Crippen LogP contribution in [0.1, 0.15) is 38.8 Å². The summed E-state index contributed by atoms with van der Waals surface area (Å²) in [6.07, 6.45) is 1.07. The van der Waals surface area contributed by atoms with Gasteiger partial charge >= 0.3 is 5.97 Å². The van der Waals surface area contributed by atoms with E-state index in [2.05, 4.69) is 0 Å². The Morgan fingerprint density at radius 2 is 2.27 bits per heavy atom. The van der Waals surface area contributed by atoms with Crippen LogP contribution in [-0.4, -0.2) is 17.4 Å². The number of hydrogen-bond donors (Lipinski definition) is 1. The molecule has 0 saturated carbocycles. The van der Waals surface area contributed by atoms with Crippen LogP contribution in [-0.2, 0) is 6.42 Å². The Balaban J connectivity index is 3.55. The van der Waals surface area contributed by atoms with Crippen molar-refractivity contribution < 1.29 is 14.7 Å². The summed E-state index contributed by atoms with van der Waals surface area (Å²) in [4.78, 5) is 21.5. The average molecular weight is 203 g/mol. The van der Waals surface area contributed by atoms with Crippen molar-refractivity contribution in [2.45, 2.75) is 13.3 Å². The predicted octanol–water partition coefficient (Wildman–Crippen LogP) is 1.63. The number of aldehydes is 1. The molecule has 1 aromatic rings. The van der Waals surface area contributed by atoms with E-state index in [1.807, 2.05) is 0 Å². The van der Waals surface area contributed by atoms with Crippen molar-refractivity contribution in [3.63, 3.8) is 0 Å². The lowest BCUT2D eigenvalue weighted by Crippen LogP contribution is -2.06. The zero-order valence-electron chi connectivity index (χ0n) is 8.15. The lowest BCUT2D eigenvalue weighted by molar-refractivity contribution is 0.0695. The van der Waals surface area contributed by atoms with Crippen LogP contribution in [0.3, 0.4) is 0 Å². The number of aryl methyl sites for hydroxylation is 1. The second kappa shape index (κ2) is 4.38. The number of carboxylic acid groups (broad SMARTS) is 1. The van der Waals surface area contributed by atoms with Crippen LogP contribution in [0.15, 0.2) is 12.1 Å².